The van der Waals surface area contributed by atoms with Crippen molar-refractivity contribution in [2.75, 3.05) is 0 Å². The third kappa shape index (κ3) is 3.25. The summed E-state index contributed by atoms with van der Waals surface area (Å²) in [5.74, 6) is -3.76. The zero-order valence-electron chi connectivity index (χ0n) is 12.4. The fourth-order valence-corrected chi connectivity index (χ4v) is 2.44. The highest BCUT2D eigenvalue weighted by atomic mass is 16.8. The van der Waals surface area contributed by atoms with E-state index in [1.54, 1.807) is 0 Å². The summed E-state index contributed by atoms with van der Waals surface area (Å²) in [6.07, 6.45) is -17.4. The van der Waals surface area contributed by atoms with E-state index in [0.717, 1.165) is 6.92 Å². The standard InChI is InChI=1S/C12H20O12/c1-12(8(18)4(15)6(17)10(20)23-12)24-11(21)7-3(14)2(13)5(16)9(19)22-7/h2-10,13-20H,1H3/t2?,3?,4-,5?,6+,7?,8+,9?,10?,12+/m1/s1. The summed E-state index contributed by atoms with van der Waals surface area (Å²) in [5, 5.41) is 76.3. The number of rotatable bonds is 2. The van der Waals surface area contributed by atoms with Gasteiger partial charge in [-0.1, -0.05) is 0 Å². The first-order chi connectivity index (χ1) is 11.0. The lowest BCUT2D eigenvalue weighted by molar-refractivity contribution is -0.381. The van der Waals surface area contributed by atoms with Gasteiger partial charge >= 0.3 is 5.97 Å². The van der Waals surface area contributed by atoms with Gasteiger partial charge in [0, 0.05) is 6.92 Å². The number of carbonyl (C=O) groups is 1. The monoisotopic (exact) mass is 356 g/mol. The van der Waals surface area contributed by atoms with Crippen molar-refractivity contribution in [3.8, 4) is 0 Å². The van der Waals surface area contributed by atoms with E-state index in [9.17, 15) is 45.6 Å². The van der Waals surface area contributed by atoms with Crippen molar-refractivity contribution in [2.24, 2.45) is 0 Å². The maximum atomic E-state index is 12.1. The maximum Gasteiger partial charge on any atom is 0.340 e. The molecule has 12 heteroatoms. The summed E-state index contributed by atoms with van der Waals surface area (Å²) in [7, 11) is 0. The highest BCUT2D eigenvalue weighted by molar-refractivity contribution is 5.76. The van der Waals surface area contributed by atoms with E-state index in [1.165, 1.54) is 0 Å². The van der Waals surface area contributed by atoms with Crippen molar-refractivity contribution in [1.82, 2.24) is 0 Å². The molecule has 2 aliphatic rings. The molecule has 12 nitrogen and oxygen atoms in total. The smallest absolute Gasteiger partial charge is 0.340 e. The highest BCUT2D eigenvalue weighted by Gasteiger charge is 2.55. The van der Waals surface area contributed by atoms with Gasteiger partial charge in [-0.3, -0.25) is 0 Å². The number of esters is 1. The Balaban J connectivity index is 2.13. The normalized spacial score (nSPS) is 52.8. The van der Waals surface area contributed by atoms with Gasteiger partial charge in [-0.15, -0.1) is 0 Å². The lowest BCUT2D eigenvalue weighted by Crippen LogP contribution is -2.66. The zero-order valence-corrected chi connectivity index (χ0v) is 12.4. The van der Waals surface area contributed by atoms with Crippen LogP contribution in [0.2, 0.25) is 0 Å². The average molecular weight is 356 g/mol. The SMILES string of the molecule is C[C@@]1(OC(=O)C2OC(O)C(O)C(O)C2O)OC(O)[C@@H](O)[C@@H](O)[C@@H]1O. The molecule has 0 aromatic carbocycles. The summed E-state index contributed by atoms with van der Waals surface area (Å²) in [6, 6.07) is 0. The Labute approximate surface area is 135 Å². The van der Waals surface area contributed by atoms with Gasteiger partial charge in [0.2, 0.25) is 5.79 Å². The van der Waals surface area contributed by atoms with Crippen LogP contribution in [-0.2, 0) is 19.0 Å². The van der Waals surface area contributed by atoms with Crippen LogP contribution >= 0.6 is 0 Å². The molecule has 10 atom stereocenters. The Bertz CT molecular complexity index is 473. The predicted molar refractivity (Wildman–Crippen MR) is 68.5 cm³/mol. The lowest BCUT2D eigenvalue weighted by Gasteiger charge is -2.45. The molecule has 2 fully saturated rings. The summed E-state index contributed by atoms with van der Waals surface area (Å²) in [4.78, 5) is 12.1. The molecule has 140 valence electrons. The molecular formula is C12H20O12. The summed E-state index contributed by atoms with van der Waals surface area (Å²) in [5.41, 5.74) is 0. The third-order valence-corrected chi connectivity index (χ3v) is 3.98. The lowest BCUT2D eigenvalue weighted by atomic mass is 9.96. The van der Waals surface area contributed by atoms with Crippen molar-refractivity contribution in [2.45, 2.75) is 68.0 Å². The Hall–Kier alpha value is -0.930. The molecular weight excluding hydrogens is 336 g/mol. The molecule has 0 bridgehead atoms. The largest absolute Gasteiger partial charge is 0.428 e. The van der Waals surface area contributed by atoms with Crippen molar-refractivity contribution in [1.29, 1.82) is 0 Å². The second kappa shape index (κ2) is 6.76. The van der Waals surface area contributed by atoms with Gasteiger partial charge in [-0.2, -0.15) is 0 Å². The van der Waals surface area contributed by atoms with Crippen molar-refractivity contribution in [3.05, 3.63) is 0 Å². The molecule has 0 aromatic rings. The predicted octanol–water partition coefficient (Wildman–Crippen LogP) is -5.52. The minimum absolute atomic E-state index is 0.963. The molecule has 2 rings (SSSR count). The molecule has 0 saturated carbocycles. The molecule has 0 spiro atoms. The first-order valence-corrected chi connectivity index (χ1v) is 7.00. The van der Waals surface area contributed by atoms with Gasteiger partial charge in [0.05, 0.1) is 0 Å². The third-order valence-electron chi connectivity index (χ3n) is 3.98. The minimum Gasteiger partial charge on any atom is -0.428 e. The molecule has 24 heavy (non-hydrogen) atoms. The van der Waals surface area contributed by atoms with Gasteiger partial charge in [0.1, 0.15) is 36.6 Å². The topological polar surface area (TPSA) is 207 Å². The Morgan fingerprint density at radius 1 is 0.833 bits per heavy atom. The molecule has 0 radical (unpaired) electrons. The minimum atomic E-state index is -2.33. The van der Waals surface area contributed by atoms with E-state index in [1.807, 2.05) is 0 Å². The molecule has 6 unspecified atom stereocenters. The van der Waals surface area contributed by atoms with Crippen LogP contribution in [0.15, 0.2) is 0 Å². The molecule has 2 saturated heterocycles. The van der Waals surface area contributed by atoms with Gasteiger partial charge in [-0.05, 0) is 0 Å². The molecule has 0 aromatic heterocycles. The van der Waals surface area contributed by atoms with Crippen LogP contribution in [0.4, 0.5) is 0 Å². The second-order valence-electron chi connectivity index (χ2n) is 5.79. The van der Waals surface area contributed by atoms with Crippen molar-refractivity contribution in [3.63, 3.8) is 0 Å². The molecule has 2 aliphatic heterocycles. The Morgan fingerprint density at radius 3 is 1.96 bits per heavy atom. The molecule has 2 heterocycles. The van der Waals surface area contributed by atoms with E-state index in [2.05, 4.69) is 4.74 Å². The van der Waals surface area contributed by atoms with Crippen LogP contribution in [0.1, 0.15) is 6.92 Å². The number of carbonyl (C=O) groups excluding carboxylic acids is 1. The zero-order chi connectivity index (χ0) is 18.4. The van der Waals surface area contributed by atoms with Crippen LogP contribution in [0, 0.1) is 0 Å². The first kappa shape index (κ1) is 19.4. The Kier molecular flexibility index (Phi) is 5.46. The summed E-state index contributed by atoms with van der Waals surface area (Å²) >= 11 is 0. The van der Waals surface area contributed by atoms with E-state index in [4.69, 9.17) is 9.47 Å². The Morgan fingerprint density at radius 2 is 1.38 bits per heavy atom. The van der Waals surface area contributed by atoms with Crippen LogP contribution in [-0.4, -0.2) is 108 Å². The number of ether oxygens (including phenoxy) is 3. The number of hydrogen-bond donors (Lipinski definition) is 8. The highest BCUT2D eigenvalue weighted by Crippen LogP contribution is 2.31. The van der Waals surface area contributed by atoms with Gasteiger partial charge < -0.3 is 55.1 Å². The molecule has 0 aliphatic carbocycles. The van der Waals surface area contributed by atoms with Gasteiger partial charge in [0.25, 0.3) is 0 Å². The fraction of sp³-hybridized carbons (Fsp3) is 0.917. The van der Waals surface area contributed by atoms with E-state index in [0.29, 0.717) is 0 Å². The van der Waals surface area contributed by atoms with Crippen LogP contribution < -0.4 is 0 Å². The van der Waals surface area contributed by atoms with Crippen LogP contribution in [0.25, 0.3) is 0 Å². The number of hydrogen-bond acceptors (Lipinski definition) is 12. The first-order valence-electron chi connectivity index (χ1n) is 7.00. The number of aliphatic hydroxyl groups excluding tert-OH is 8. The number of aliphatic hydroxyl groups is 8. The van der Waals surface area contributed by atoms with E-state index < -0.39 is 67.1 Å². The quantitative estimate of drug-likeness (QED) is 0.218. The maximum absolute atomic E-state index is 12.1. The van der Waals surface area contributed by atoms with Gasteiger partial charge in [0.15, 0.2) is 18.7 Å². The summed E-state index contributed by atoms with van der Waals surface area (Å²) in [6.45, 7) is 0.963. The van der Waals surface area contributed by atoms with Crippen LogP contribution in [0.5, 0.6) is 0 Å². The van der Waals surface area contributed by atoms with E-state index >= 15 is 0 Å². The molecule has 0 amide bonds. The van der Waals surface area contributed by atoms with Crippen molar-refractivity contribution >= 4 is 5.97 Å². The second-order valence-corrected chi connectivity index (χ2v) is 5.79. The summed E-state index contributed by atoms with van der Waals surface area (Å²) < 4.78 is 14.2. The van der Waals surface area contributed by atoms with Crippen LogP contribution in [0.3, 0.4) is 0 Å². The molecule has 8 N–H and O–H groups in total. The van der Waals surface area contributed by atoms with E-state index in [-0.39, 0.29) is 0 Å². The fourth-order valence-electron chi connectivity index (χ4n) is 2.44. The average Bonchev–Trinajstić information content (AvgIpc) is 2.52. The van der Waals surface area contributed by atoms with Gasteiger partial charge in [-0.25, -0.2) is 4.79 Å². The van der Waals surface area contributed by atoms with Crippen molar-refractivity contribution < 1.29 is 59.9 Å².